The molecule has 456 valence electrons. The van der Waals surface area contributed by atoms with Gasteiger partial charge in [0.25, 0.3) is 0 Å². The summed E-state index contributed by atoms with van der Waals surface area (Å²) in [6.07, 6.45) is 84.4. The number of esters is 3. The van der Waals surface area contributed by atoms with Crippen LogP contribution in [0.2, 0.25) is 0 Å². The van der Waals surface area contributed by atoms with Crippen molar-refractivity contribution in [3.63, 3.8) is 0 Å². The Hall–Kier alpha value is -2.63. The molecule has 6 nitrogen and oxygen atoms in total. The Morgan fingerprint density at radius 3 is 0.782 bits per heavy atom. The summed E-state index contributed by atoms with van der Waals surface area (Å²) in [5.74, 6) is -0.837. The molecule has 0 bridgehead atoms. The number of ether oxygens (including phenoxy) is 3. The average molecular weight is 1090 g/mol. The highest BCUT2D eigenvalue weighted by Gasteiger charge is 2.19. The van der Waals surface area contributed by atoms with Gasteiger partial charge in [0.05, 0.1) is 0 Å². The molecule has 0 N–H and O–H groups in total. The zero-order valence-corrected chi connectivity index (χ0v) is 52.5. The van der Waals surface area contributed by atoms with Crippen molar-refractivity contribution in [2.45, 2.75) is 380 Å². The van der Waals surface area contributed by atoms with Crippen LogP contribution < -0.4 is 0 Å². The number of rotatable bonds is 64. The molecule has 0 amide bonds. The van der Waals surface area contributed by atoms with Crippen LogP contribution >= 0.6 is 0 Å². The maximum atomic E-state index is 12.9. The third-order valence-electron chi connectivity index (χ3n) is 15.6. The summed E-state index contributed by atoms with van der Waals surface area (Å²) >= 11 is 0. The summed E-state index contributed by atoms with van der Waals surface area (Å²) in [5.41, 5.74) is 0. The van der Waals surface area contributed by atoms with E-state index in [1.807, 2.05) is 0 Å². The van der Waals surface area contributed by atoms with E-state index < -0.39 is 6.10 Å². The van der Waals surface area contributed by atoms with Crippen LogP contribution in [0.15, 0.2) is 48.6 Å². The van der Waals surface area contributed by atoms with Crippen molar-refractivity contribution in [3.8, 4) is 0 Å². The molecule has 0 aliphatic carbocycles. The lowest BCUT2D eigenvalue weighted by Crippen LogP contribution is -2.30. The third-order valence-corrected chi connectivity index (χ3v) is 15.6. The van der Waals surface area contributed by atoms with Crippen molar-refractivity contribution in [2.75, 3.05) is 13.2 Å². The quantitative estimate of drug-likeness (QED) is 0.0261. The van der Waals surface area contributed by atoms with Gasteiger partial charge in [0, 0.05) is 19.3 Å². The highest BCUT2D eigenvalue weighted by molar-refractivity contribution is 5.71. The molecule has 0 aromatic rings. The Morgan fingerprint density at radius 1 is 0.269 bits per heavy atom. The van der Waals surface area contributed by atoms with E-state index in [1.54, 1.807) is 0 Å². The fourth-order valence-electron chi connectivity index (χ4n) is 10.4. The molecular formula is C72H132O6. The molecule has 0 spiro atoms. The molecule has 1 atom stereocenters. The number of carbonyl (C=O) groups is 3. The zero-order valence-electron chi connectivity index (χ0n) is 52.5. The Labute approximate surface area is 486 Å². The summed E-state index contributed by atoms with van der Waals surface area (Å²) in [6, 6.07) is 0. The van der Waals surface area contributed by atoms with E-state index in [2.05, 4.69) is 69.4 Å². The van der Waals surface area contributed by atoms with Crippen LogP contribution in [-0.4, -0.2) is 37.2 Å². The van der Waals surface area contributed by atoms with E-state index in [0.717, 1.165) is 83.5 Å². The number of hydrogen-bond donors (Lipinski definition) is 0. The van der Waals surface area contributed by atoms with Gasteiger partial charge in [0.15, 0.2) is 6.10 Å². The zero-order chi connectivity index (χ0) is 56.4. The van der Waals surface area contributed by atoms with E-state index in [9.17, 15) is 14.4 Å². The lowest BCUT2D eigenvalue weighted by Gasteiger charge is -2.18. The average Bonchev–Trinajstić information content (AvgIpc) is 3.44. The van der Waals surface area contributed by atoms with Crippen molar-refractivity contribution in [1.29, 1.82) is 0 Å². The van der Waals surface area contributed by atoms with Crippen LogP contribution in [0.3, 0.4) is 0 Å². The van der Waals surface area contributed by atoms with Crippen molar-refractivity contribution >= 4 is 17.9 Å². The lowest BCUT2D eigenvalue weighted by molar-refractivity contribution is -0.167. The lowest BCUT2D eigenvalue weighted by atomic mass is 10.0. The number of hydrogen-bond acceptors (Lipinski definition) is 6. The maximum Gasteiger partial charge on any atom is 0.306 e. The van der Waals surface area contributed by atoms with Gasteiger partial charge in [-0.05, 0) is 57.8 Å². The van der Waals surface area contributed by atoms with Crippen molar-refractivity contribution in [3.05, 3.63) is 48.6 Å². The fraction of sp³-hybridized carbons (Fsp3) is 0.847. The minimum atomic E-state index is -0.765. The standard InChI is InChI=1S/C72H132O6/c1-4-7-10-13-16-19-22-25-26-27-28-29-30-31-32-33-34-35-36-37-38-39-40-41-42-43-44-45-46-48-50-53-56-59-62-65-71(74)77-68-69(67-76-70(73)64-61-58-55-52-49-24-21-18-15-12-9-6-3)78-72(75)66-63-60-57-54-51-47-23-20-17-14-11-8-5-2/h7,10,16,19,25-26,28-29,69H,4-6,8-9,11-15,17-18,20-24,27,30-68H2,1-3H3/b10-7-,19-16-,26-25-,29-28-. The summed E-state index contributed by atoms with van der Waals surface area (Å²) in [6.45, 7) is 6.58. The van der Waals surface area contributed by atoms with Gasteiger partial charge >= 0.3 is 17.9 Å². The van der Waals surface area contributed by atoms with Crippen LogP contribution in [0.1, 0.15) is 374 Å². The molecular weight excluding hydrogens is 961 g/mol. The van der Waals surface area contributed by atoms with Gasteiger partial charge in [0.1, 0.15) is 13.2 Å². The molecule has 0 saturated carbocycles. The predicted octanol–water partition coefficient (Wildman–Crippen LogP) is 23.7. The topological polar surface area (TPSA) is 78.9 Å². The second-order valence-corrected chi connectivity index (χ2v) is 23.4. The summed E-state index contributed by atoms with van der Waals surface area (Å²) in [4.78, 5) is 38.2. The number of unbranched alkanes of at least 4 members (excludes halogenated alkanes) is 45. The Kier molecular flexibility index (Phi) is 64.6. The summed E-state index contributed by atoms with van der Waals surface area (Å²) in [7, 11) is 0. The summed E-state index contributed by atoms with van der Waals surface area (Å²) in [5, 5.41) is 0. The molecule has 0 aromatic carbocycles. The van der Waals surface area contributed by atoms with E-state index in [0.29, 0.717) is 19.3 Å². The highest BCUT2D eigenvalue weighted by atomic mass is 16.6. The number of allylic oxidation sites excluding steroid dienone is 8. The minimum absolute atomic E-state index is 0.0644. The third kappa shape index (κ3) is 64.2. The van der Waals surface area contributed by atoms with Gasteiger partial charge in [0.2, 0.25) is 0 Å². The minimum Gasteiger partial charge on any atom is -0.462 e. The van der Waals surface area contributed by atoms with Crippen molar-refractivity contribution in [2.24, 2.45) is 0 Å². The molecule has 0 saturated heterocycles. The van der Waals surface area contributed by atoms with Crippen molar-refractivity contribution in [1.82, 2.24) is 0 Å². The Bertz CT molecular complexity index is 1350. The van der Waals surface area contributed by atoms with Gasteiger partial charge in [-0.2, -0.15) is 0 Å². The van der Waals surface area contributed by atoms with Gasteiger partial charge in [-0.25, -0.2) is 0 Å². The second-order valence-electron chi connectivity index (χ2n) is 23.4. The molecule has 1 unspecified atom stereocenters. The van der Waals surface area contributed by atoms with Crippen LogP contribution in [0.25, 0.3) is 0 Å². The molecule has 6 heteroatoms. The first-order valence-corrected chi connectivity index (χ1v) is 34.6. The Morgan fingerprint density at radius 2 is 0.500 bits per heavy atom. The SMILES string of the molecule is CC/C=C\C/C=C\C/C=C\C/C=C\CCCCCCCCCCCCCCCCCCCCCCCCC(=O)OCC(COC(=O)CCCCCCCCCCCCCC)OC(=O)CCCCCCCCCCCCCCC. The molecule has 0 rings (SSSR count). The predicted molar refractivity (Wildman–Crippen MR) is 339 cm³/mol. The molecule has 0 aliphatic rings. The molecule has 0 heterocycles. The van der Waals surface area contributed by atoms with Gasteiger partial charge < -0.3 is 14.2 Å². The second kappa shape index (κ2) is 66.9. The van der Waals surface area contributed by atoms with Gasteiger partial charge in [-0.3, -0.25) is 14.4 Å². The molecule has 78 heavy (non-hydrogen) atoms. The first-order chi connectivity index (χ1) is 38.5. The first-order valence-electron chi connectivity index (χ1n) is 34.6. The fourth-order valence-corrected chi connectivity index (χ4v) is 10.4. The molecule has 0 aliphatic heterocycles. The van der Waals surface area contributed by atoms with Gasteiger partial charge in [-0.15, -0.1) is 0 Å². The highest BCUT2D eigenvalue weighted by Crippen LogP contribution is 2.18. The van der Waals surface area contributed by atoms with Crippen LogP contribution in [0.5, 0.6) is 0 Å². The molecule has 0 radical (unpaired) electrons. The molecule has 0 fully saturated rings. The van der Waals surface area contributed by atoms with E-state index in [4.69, 9.17) is 14.2 Å². The van der Waals surface area contributed by atoms with Crippen LogP contribution in [0, 0.1) is 0 Å². The van der Waals surface area contributed by atoms with E-state index in [-0.39, 0.29) is 31.1 Å². The largest absolute Gasteiger partial charge is 0.462 e. The van der Waals surface area contributed by atoms with E-state index in [1.165, 1.54) is 250 Å². The van der Waals surface area contributed by atoms with Crippen molar-refractivity contribution < 1.29 is 28.6 Å². The maximum absolute atomic E-state index is 12.9. The smallest absolute Gasteiger partial charge is 0.306 e. The Balaban J connectivity index is 4.00. The number of carbonyl (C=O) groups excluding carboxylic acids is 3. The van der Waals surface area contributed by atoms with Crippen LogP contribution in [-0.2, 0) is 28.6 Å². The van der Waals surface area contributed by atoms with E-state index >= 15 is 0 Å². The first kappa shape index (κ1) is 75.4. The van der Waals surface area contributed by atoms with Crippen LogP contribution in [0.4, 0.5) is 0 Å². The monoisotopic (exact) mass is 1090 g/mol. The molecule has 0 aromatic heterocycles. The van der Waals surface area contributed by atoms with Gasteiger partial charge in [-0.1, -0.05) is 345 Å². The summed E-state index contributed by atoms with van der Waals surface area (Å²) < 4.78 is 16.9. The normalized spacial score (nSPS) is 12.3.